The predicted molar refractivity (Wildman–Crippen MR) is 54.2 cm³/mol. The zero-order chi connectivity index (χ0) is 10.6. The lowest BCUT2D eigenvalue weighted by molar-refractivity contribution is -0.109. The number of rotatable bonds is 4. The van der Waals surface area contributed by atoms with Crippen LogP contribution in [-0.2, 0) is 11.3 Å². The van der Waals surface area contributed by atoms with E-state index in [1.807, 2.05) is 0 Å². The molecule has 1 aromatic carbocycles. The number of carbonyl (C=O) groups is 1. The number of halogens is 1. The fourth-order valence-electron chi connectivity index (χ4n) is 1.04. The molecule has 0 spiro atoms. The van der Waals surface area contributed by atoms with E-state index in [1.54, 1.807) is 6.07 Å². The van der Waals surface area contributed by atoms with Crippen LogP contribution in [0.15, 0.2) is 18.2 Å². The van der Waals surface area contributed by atoms with Gasteiger partial charge in [-0.2, -0.15) is 0 Å². The molecule has 74 valence electrons. The molecule has 1 amide bonds. The van der Waals surface area contributed by atoms with Crippen molar-refractivity contribution in [3.63, 3.8) is 0 Å². The summed E-state index contributed by atoms with van der Waals surface area (Å²) in [4.78, 5) is 10.1. The van der Waals surface area contributed by atoms with Crippen molar-refractivity contribution >= 4 is 30.6 Å². The van der Waals surface area contributed by atoms with Crippen molar-refractivity contribution in [3.8, 4) is 0 Å². The van der Waals surface area contributed by atoms with E-state index in [0.29, 0.717) is 22.5 Å². The van der Waals surface area contributed by atoms with Crippen LogP contribution in [0.2, 0.25) is 5.02 Å². The number of benzene rings is 1. The Kier molecular flexibility index (Phi) is 3.94. The van der Waals surface area contributed by atoms with Crippen LogP contribution in [-0.4, -0.2) is 23.6 Å². The summed E-state index contributed by atoms with van der Waals surface area (Å²) in [5.74, 6) is 0. The molecule has 0 saturated carbocycles. The van der Waals surface area contributed by atoms with E-state index in [1.165, 1.54) is 12.1 Å². The number of hydrogen-bond donors (Lipinski definition) is 3. The fraction of sp³-hybridized carbons (Fsp3) is 0.125. The van der Waals surface area contributed by atoms with Crippen LogP contribution in [0, 0.1) is 0 Å². The van der Waals surface area contributed by atoms with E-state index < -0.39 is 7.12 Å². The Labute approximate surface area is 86.7 Å². The molecule has 0 heterocycles. The SMILES string of the molecule is O=CNCc1cc(B(O)O)ccc1Cl. The highest BCUT2D eigenvalue weighted by atomic mass is 35.5. The Bertz CT molecular complexity index is 332. The Morgan fingerprint density at radius 2 is 2.21 bits per heavy atom. The maximum Gasteiger partial charge on any atom is 0.488 e. The number of hydrogen-bond acceptors (Lipinski definition) is 3. The average molecular weight is 213 g/mol. The Hall–Kier alpha value is -1.04. The third kappa shape index (κ3) is 2.73. The van der Waals surface area contributed by atoms with Gasteiger partial charge in [-0.15, -0.1) is 0 Å². The van der Waals surface area contributed by atoms with Gasteiger partial charge < -0.3 is 15.4 Å². The quantitative estimate of drug-likeness (QED) is 0.456. The van der Waals surface area contributed by atoms with Crippen LogP contribution >= 0.6 is 11.6 Å². The topological polar surface area (TPSA) is 69.6 Å². The molecule has 0 aliphatic heterocycles. The summed E-state index contributed by atoms with van der Waals surface area (Å²) in [6, 6.07) is 4.60. The highest BCUT2D eigenvalue weighted by Crippen LogP contribution is 2.13. The third-order valence-electron chi connectivity index (χ3n) is 1.74. The molecule has 0 aromatic heterocycles. The summed E-state index contributed by atoms with van der Waals surface area (Å²) in [6.45, 7) is 0.267. The first-order chi connectivity index (χ1) is 6.65. The van der Waals surface area contributed by atoms with E-state index in [9.17, 15) is 4.79 Å². The van der Waals surface area contributed by atoms with Gasteiger partial charge in [-0.1, -0.05) is 23.7 Å². The molecular weight excluding hydrogens is 204 g/mol. The van der Waals surface area contributed by atoms with E-state index in [2.05, 4.69) is 5.32 Å². The van der Waals surface area contributed by atoms with Crippen molar-refractivity contribution in [2.24, 2.45) is 0 Å². The van der Waals surface area contributed by atoms with Crippen molar-refractivity contribution in [1.29, 1.82) is 0 Å². The molecule has 0 bridgehead atoms. The van der Waals surface area contributed by atoms with Crippen molar-refractivity contribution in [2.45, 2.75) is 6.54 Å². The zero-order valence-electron chi connectivity index (χ0n) is 7.27. The highest BCUT2D eigenvalue weighted by Gasteiger charge is 2.12. The third-order valence-corrected chi connectivity index (χ3v) is 2.11. The molecule has 14 heavy (non-hydrogen) atoms. The molecule has 0 radical (unpaired) electrons. The average Bonchev–Trinajstić information content (AvgIpc) is 2.16. The minimum absolute atomic E-state index is 0.267. The zero-order valence-corrected chi connectivity index (χ0v) is 8.03. The Morgan fingerprint density at radius 1 is 1.50 bits per heavy atom. The van der Waals surface area contributed by atoms with Crippen molar-refractivity contribution in [3.05, 3.63) is 28.8 Å². The standard InChI is InChI=1S/C8H9BClNO3/c10-8-2-1-7(9(13)14)3-6(8)4-11-5-12/h1-3,5,13-14H,4H2,(H,11,12). The number of nitrogens with one attached hydrogen (secondary N) is 1. The second kappa shape index (κ2) is 5.00. The molecule has 1 rings (SSSR count). The molecule has 0 aliphatic rings. The second-order valence-corrected chi connectivity index (χ2v) is 3.13. The molecule has 0 unspecified atom stereocenters. The molecule has 0 aliphatic carbocycles. The van der Waals surface area contributed by atoms with Crippen molar-refractivity contribution < 1.29 is 14.8 Å². The van der Waals surface area contributed by atoms with Gasteiger partial charge in [-0.25, -0.2) is 0 Å². The summed E-state index contributed by atoms with van der Waals surface area (Å²) in [7, 11) is -1.53. The van der Waals surface area contributed by atoms with Crippen LogP contribution in [0.4, 0.5) is 0 Å². The summed E-state index contributed by atoms with van der Waals surface area (Å²) in [6.07, 6.45) is 0.554. The van der Waals surface area contributed by atoms with Gasteiger partial charge in [0.1, 0.15) is 0 Å². The van der Waals surface area contributed by atoms with Gasteiger partial charge >= 0.3 is 7.12 Å². The maximum atomic E-state index is 10.1. The molecule has 0 saturated heterocycles. The normalized spacial score (nSPS) is 9.64. The lowest BCUT2D eigenvalue weighted by Gasteiger charge is -2.06. The molecular formula is C8H9BClNO3. The Morgan fingerprint density at radius 3 is 2.79 bits per heavy atom. The summed E-state index contributed by atoms with van der Waals surface area (Å²) < 4.78 is 0. The summed E-state index contributed by atoms with van der Waals surface area (Å²) >= 11 is 5.82. The van der Waals surface area contributed by atoms with Crippen LogP contribution in [0.1, 0.15) is 5.56 Å². The van der Waals surface area contributed by atoms with Gasteiger partial charge in [0, 0.05) is 11.6 Å². The molecule has 0 atom stereocenters. The molecule has 4 nitrogen and oxygen atoms in total. The van der Waals surface area contributed by atoms with Gasteiger partial charge in [0.2, 0.25) is 6.41 Å². The molecule has 6 heteroatoms. The smallest absolute Gasteiger partial charge is 0.423 e. The van der Waals surface area contributed by atoms with Gasteiger partial charge in [-0.3, -0.25) is 4.79 Å². The van der Waals surface area contributed by atoms with Crippen LogP contribution in [0.5, 0.6) is 0 Å². The van der Waals surface area contributed by atoms with E-state index in [-0.39, 0.29) is 6.54 Å². The van der Waals surface area contributed by atoms with Crippen LogP contribution in [0.25, 0.3) is 0 Å². The Balaban J connectivity index is 2.90. The first-order valence-corrected chi connectivity index (χ1v) is 4.34. The second-order valence-electron chi connectivity index (χ2n) is 2.72. The maximum absolute atomic E-state index is 10.1. The van der Waals surface area contributed by atoms with Crippen LogP contribution < -0.4 is 10.8 Å². The first kappa shape index (κ1) is 11.0. The molecule has 3 N–H and O–H groups in total. The van der Waals surface area contributed by atoms with Gasteiger partial charge in [0.15, 0.2) is 0 Å². The number of amides is 1. The van der Waals surface area contributed by atoms with Crippen molar-refractivity contribution in [1.82, 2.24) is 5.32 Å². The van der Waals surface area contributed by atoms with Crippen molar-refractivity contribution in [2.75, 3.05) is 0 Å². The van der Waals surface area contributed by atoms with E-state index in [0.717, 1.165) is 0 Å². The molecule has 1 aromatic rings. The molecule has 0 fully saturated rings. The lowest BCUT2D eigenvalue weighted by Crippen LogP contribution is -2.30. The minimum Gasteiger partial charge on any atom is -0.423 e. The predicted octanol–water partition coefficient (Wildman–Crippen LogP) is -0.734. The fourth-order valence-corrected chi connectivity index (χ4v) is 1.23. The lowest BCUT2D eigenvalue weighted by atomic mass is 9.79. The number of carbonyl (C=O) groups excluding carboxylic acids is 1. The summed E-state index contributed by atoms with van der Waals surface area (Å²) in [5, 5.41) is 20.7. The minimum atomic E-state index is -1.53. The first-order valence-electron chi connectivity index (χ1n) is 3.96. The van der Waals surface area contributed by atoms with Gasteiger partial charge in [-0.05, 0) is 17.1 Å². The largest absolute Gasteiger partial charge is 0.488 e. The highest BCUT2D eigenvalue weighted by molar-refractivity contribution is 6.58. The van der Waals surface area contributed by atoms with Crippen LogP contribution in [0.3, 0.4) is 0 Å². The van der Waals surface area contributed by atoms with Gasteiger partial charge in [0.05, 0.1) is 0 Å². The summed E-state index contributed by atoms with van der Waals surface area (Å²) in [5.41, 5.74) is 0.987. The monoisotopic (exact) mass is 213 g/mol. The van der Waals surface area contributed by atoms with E-state index >= 15 is 0 Å². The van der Waals surface area contributed by atoms with Gasteiger partial charge in [0.25, 0.3) is 0 Å². The van der Waals surface area contributed by atoms with E-state index in [4.69, 9.17) is 21.6 Å².